The standard InChI is InChI=1S/C22H23NO3/c1-4-19(22(24)23-18-14-15(2)12-13-21(18)25-3)26-20-11-7-9-16-8-5-6-10-17(16)20/h5-14,19H,4H2,1-3H3,(H,23,24)/t19-/m1/s1. The molecule has 0 bridgehead atoms. The van der Waals surface area contributed by atoms with E-state index in [1.165, 1.54) is 0 Å². The monoisotopic (exact) mass is 349 g/mol. The minimum Gasteiger partial charge on any atom is -0.495 e. The van der Waals surface area contributed by atoms with Gasteiger partial charge in [0.05, 0.1) is 12.8 Å². The van der Waals surface area contributed by atoms with Gasteiger partial charge in [-0.3, -0.25) is 4.79 Å². The third kappa shape index (κ3) is 3.80. The zero-order valence-corrected chi connectivity index (χ0v) is 15.3. The summed E-state index contributed by atoms with van der Waals surface area (Å²) in [6.07, 6.45) is -0.0329. The molecule has 1 atom stereocenters. The number of carbonyl (C=O) groups is 1. The first kappa shape index (κ1) is 17.8. The van der Waals surface area contributed by atoms with Gasteiger partial charge in [0, 0.05) is 5.39 Å². The van der Waals surface area contributed by atoms with Gasteiger partial charge in [-0.2, -0.15) is 0 Å². The Labute approximate surface area is 153 Å². The highest BCUT2D eigenvalue weighted by atomic mass is 16.5. The Morgan fingerprint density at radius 2 is 1.81 bits per heavy atom. The highest BCUT2D eigenvalue weighted by Gasteiger charge is 2.20. The van der Waals surface area contributed by atoms with E-state index in [-0.39, 0.29) is 5.91 Å². The van der Waals surface area contributed by atoms with Crippen molar-refractivity contribution in [1.82, 2.24) is 0 Å². The topological polar surface area (TPSA) is 47.6 Å². The Balaban J connectivity index is 1.82. The molecule has 0 saturated carbocycles. The molecule has 0 radical (unpaired) electrons. The number of carbonyl (C=O) groups excluding carboxylic acids is 1. The lowest BCUT2D eigenvalue weighted by atomic mass is 10.1. The van der Waals surface area contributed by atoms with Crippen molar-refractivity contribution in [2.24, 2.45) is 0 Å². The van der Waals surface area contributed by atoms with Crippen LogP contribution in [0.25, 0.3) is 10.8 Å². The third-order valence-corrected chi connectivity index (χ3v) is 4.29. The fraction of sp³-hybridized carbons (Fsp3) is 0.227. The predicted octanol–water partition coefficient (Wildman–Crippen LogP) is 4.95. The number of benzene rings is 3. The van der Waals surface area contributed by atoms with E-state index in [9.17, 15) is 4.79 Å². The van der Waals surface area contributed by atoms with E-state index >= 15 is 0 Å². The molecule has 0 aromatic heterocycles. The van der Waals surface area contributed by atoms with Gasteiger partial charge in [-0.1, -0.05) is 49.4 Å². The fourth-order valence-corrected chi connectivity index (χ4v) is 2.91. The molecule has 0 heterocycles. The van der Waals surface area contributed by atoms with Gasteiger partial charge in [-0.05, 0) is 42.5 Å². The van der Waals surface area contributed by atoms with Crippen LogP contribution in [0.3, 0.4) is 0 Å². The number of methoxy groups -OCH3 is 1. The zero-order valence-electron chi connectivity index (χ0n) is 15.3. The Bertz CT molecular complexity index is 915. The van der Waals surface area contributed by atoms with E-state index in [1.807, 2.05) is 74.5 Å². The molecule has 3 aromatic rings. The van der Waals surface area contributed by atoms with Crippen LogP contribution < -0.4 is 14.8 Å². The van der Waals surface area contributed by atoms with E-state index < -0.39 is 6.10 Å². The molecule has 134 valence electrons. The Morgan fingerprint density at radius 1 is 1.04 bits per heavy atom. The molecule has 1 N–H and O–H groups in total. The Morgan fingerprint density at radius 3 is 2.58 bits per heavy atom. The summed E-state index contributed by atoms with van der Waals surface area (Å²) in [6.45, 7) is 3.90. The van der Waals surface area contributed by atoms with Gasteiger partial charge in [0.15, 0.2) is 6.10 Å². The van der Waals surface area contributed by atoms with Gasteiger partial charge in [0.1, 0.15) is 11.5 Å². The van der Waals surface area contributed by atoms with E-state index in [0.29, 0.717) is 23.6 Å². The zero-order chi connectivity index (χ0) is 18.5. The Hall–Kier alpha value is -3.01. The molecule has 1 amide bonds. The molecule has 0 fully saturated rings. The molecule has 0 spiro atoms. The van der Waals surface area contributed by atoms with Gasteiger partial charge in [-0.25, -0.2) is 0 Å². The molecule has 4 nitrogen and oxygen atoms in total. The van der Waals surface area contributed by atoms with Crippen LogP contribution in [0.15, 0.2) is 60.7 Å². The first-order chi connectivity index (χ1) is 12.6. The number of rotatable bonds is 6. The number of amides is 1. The van der Waals surface area contributed by atoms with Gasteiger partial charge >= 0.3 is 0 Å². The number of hydrogen-bond acceptors (Lipinski definition) is 3. The summed E-state index contributed by atoms with van der Waals surface area (Å²) in [5.41, 5.74) is 1.70. The van der Waals surface area contributed by atoms with Gasteiger partial charge in [0.2, 0.25) is 0 Å². The number of ether oxygens (including phenoxy) is 2. The second-order valence-electron chi connectivity index (χ2n) is 6.19. The van der Waals surface area contributed by atoms with Crippen LogP contribution in [0, 0.1) is 6.92 Å². The lowest BCUT2D eigenvalue weighted by Crippen LogP contribution is -2.32. The largest absolute Gasteiger partial charge is 0.495 e. The minimum atomic E-state index is -0.592. The van der Waals surface area contributed by atoms with Crippen molar-refractivity contribution in [2.75, 3.05) is 12.4 Å². The summed E-state index contributed by atoms with van der Waals surface area (Å²) in [6, 6.07) is 19.5. The molecule has 0 aliphatic carbocycles. The maximum absolute atomic E-state index is 12.8. The minimum absolute atomic E-state index is 0.190. The molecule has 0 aliphatic rings. The number of aryl methyl sites for hydroxylation is 1. The van der Waals surface area contributed by atoms with Gasteiger partial charge < -0.3 is 14.8 Å². The van der Waals surface area contributed by atoms with Crippen LogP contribution in [-0.4, -0.2) is 19.1 Å². The number of anilines is 1. The summed E-state index contributed by atoms with van der Waals surface area (Å²) < 4.78 is 11.4. The van der Waals surface area contributed by atoms with Crippen LogP contribution in [-0.2, 0) is 4.79 Å². The van der Waals surface area contributed by atoms with Gasteiger partial charge in [0.25, 0.3) is 5.91 Å². The third-order valence-electron chi connectivity index (χ3n) is 4.29. The van der Waals surface area contributed by atoms with E-state index in [4.69, 9.17) is 9.47 Å². The molecule has 0 saturated heterocycles. The molecule has 4 heteroatoms. The SMILES string of the molecule is CC[C@@H](Oc1cccc2ccccc12)C(=O)Nc1cc(C)ccc1OC. The highest BCUT2D eigenvalue weighted by molar-refractivity contribution is 5.96. The molecular weight excluding hydrogens is 326 g/mol. The first-order valence-corrected chi connectivity index (χ1v) is 8.72. The molecule has 0 unspecified atom stereocenters. The van der Waals surface area contributed by atoms with Crippen molar-refractivity contribution in [1.29, 1.82) is 0 Å². The quantitative estimate of drug-likeness (QED) is 0.685. The van der Waals surface area contributed by atoms with Crippen molar-refractivity contribution in [3.8, 4) is 11.5 Å². The summed E-state index contributed by atoms with van der Waals surface area (Å²) in [5, 5.41) is 5.01. The number of fused-ring (bicyclic) bond motifs is 1. The van der Waals surface area contributed by atoms with Crippen LogP contribution in [0.5, 0.6) is 11.5 Å². The van der Waals surface area contributed by atoms with Crippen molar-refractivity contribution < 1.29 is 14.3 Å². The van der Waals surface area contributed by atoms with Crippen LogP contribution in [0.1, 0.15) is 18.9 Å². The van der Waals surface area contributed by atoms with Crippen molar-refractivity contribution in [3.05, 3.63) is 66.2 Å². The summed E-state index contributed by atoms with van der Waals surface area (Å²) in [4.78, 5) is 12.8. The normalized spacial score (nSPS) is 11.8. The maximum Gasteiger partial charge on any atom is 0.265 e. The molecule has 0 aliphatic heterocycles. The smallest absolute Gasteiger partial charge is 0.265 e. The summed E-state index contributed by atoms with van der Waals surface area (Å²) >= 11 is 0. The maximum atomic E-state index is 12.8. The van der Waals surface area contributed by atoms with E-state index in [1.54, 1.807) is 7.11 Å². The average Bonchev–Trinajstić information content (AvgIpc) is 2.66. The first-order valence-electron chi connectivity index (χ1n) is 8.72. The fourth-order valence-electron chi connectivity index (χ4n) is 2.91. The van der Waals surface area contributed by atoms with Crippen LogP contribution in [0.4, 0.5) is 5.69 Å². The van der Waals surface area contributed by atoms with Crippen molar-refractivity contribution >= 4 is 22.4 Å². The Kier molecular flexibility index (Phi) is 5.42. The number of nitrogens with one attached hydrogen (secondary N) is 1. The molecule has 3 rings (SSSR count). The molecule has 3 aromatic carbocycles. The highest BCUT2D eigenvalue weighted by Crippen LogP contribution is 2.28. The molecule has 26 heavy (non-hydrogen) atoms. The average molecular weight is 349 g/mol. The summed E-state index contributed by atoms with van der Waals surface area (Å²) in [7, 11) is 1.59. The predicted molar refractivity (Wildman–Crippen MR) is 105 cm³/mol. The number of hydrogen-bond donors (Lipinski definition) is 1. The van der Waals surface area contributed by atoms with E-state index in [2.05, 4.69) is 5.32 Å². The van der Waals surface area contributed by atoms with Crippen LogP contribution in [0.2, 0.25) is 0 Å². The van der Waals surface area contributed by atoms with E-state index in [0.717, 1.165) is 16.3 Å². The lowest BCUT2D eigenvalue weighted by molar-refractivity contribution is -0.122. The lowest BCUT2D eigenvalue weighted by Gasteiger charge is -2.19. The second-order valence-corrected chi connectivity index (χ2v) is 6.19. The second kappa shape index (κ2) is 7.91. The summed E-state index contributed by atoms with van der Waals surface area (Å²) in [5.74, 6) is 1.15. The van der Waals surface area contributed by atoms with Crippen molar-refractivity contribution in [3.63, 3.8) is 0 Å². The van der Waals surface area contributed by atoms with Gasteiger partial charge in [-0.15, -0.1) is 0 Å². The molecular formula is C22H23NO3. The van der Waals surface area contributed by atoms with Crippen LogP contribution >= 0.6 is 0 Å². The van der Waals surface area contributed by atoms with Crippen molar-refractivity contribution in [2.45, 2.75) is 26.4 Å².